The number of benzene rings is 2. The topological polar surface area (TPSA) is 70.2 Å². The molecule has 2 amide bonds. The highest BCUT2D eigenvalue weighted by Crippen LogP contribution is 2.22. The Kier molecular flexibility index (Phi) is 7.24. The number of hydrogen-bond donors (Lipinski definition) is 3. The van der Waals surface area contributed by atoms with Crippen LogP contribution in [0.1, 0.15) is 37.7 Å². The standard InChI is InChI=1S/C23H27N3O2/c27-22(16-11-18-7-3-1-4-8-18)24-17-23(28)26-21-14-12-20(13-15-21)25-19-9-5-2-6-10-19/h1,3-4,7-8,11-16,19,25H,2,5-6,9-10,17H2,(H,24,27)(H,26,28)/b16-11+. The van der Waals surface area contributed by atoms with E-state index in [2.05, 4.69) is 16.0 Å². The number of nitrogens with one attached hydrogen (secondary N) is 3. The van der Waals surface area contributed by atoms with Crippen molar-refractivity contribution in [1.29, 1.82) is 0 Å². The number of hydrogen-bond acceptors (Lipinski definition) is 3. The lowest BCUT2D eigenvalue weighted by atomic mass is 9.95. The van der Waals surface area contributed by atoms with Gasteiger partial charge >= 0.3 is 0 Å². The molecule has 0 atom stereocenters. The maximum Gasteiger partial charge on any atom is 0.244 e. The lowest BCUT2D eigenvalue weighted by Crippen LogP contribution is -2.31. The van der Waals surface area contributed by atoms with Crippen molar-refractivity contribution in [1.82, 2.24) is 5.32 Å². The number of carbonyl (C=O) groups excluding carboxylic acids is 2. The summed E-state index contributed by atoms with van der Waals surface area (Å²) in [5.41, 5.74) is 2.72. The molecule has 1 aliphatic carbocycles. The van der Waals surface area contributed by atoms with Crippen molar-refractivity contribution in [3.05, 3.63) is 66.2 Å². The number of anilines is 2. The minimum Gasteiger partial charge on any atom is -0.382 e. The Labute approximate surface area is 166 Å². The zero-order valence-electron chi connectivity index (χ0n) is 16.0. The van der Waals surface area contributed by atoms with Crippen molar-refractivity contribution in [2.24, 2.45) is 0 Å². The molecule has 5 heteroatoms. The lowest BCUT2D eigenvalue weighted by Gasteiger charge is -2.23. The van der Waals surface area contributed by atoms with Crippen LogP contribution in [-0.4, -0.2) is 24.4 Å². The van der Waals surface area contributed by atoms with Gasteiger partial charge in [0.1, 0.15) is 0 Å². The van der Waals surface area contributed by atoms with Gasteiger partial charge < -0.3 is 16.0 Å². The quantitative estimate of drug-likeness (QED) is 0.634. The summed E-state index contributed by atoms with van der Waals surface area (Å²) in [5.74, 6) is -0.555. The van der Waals surface area contributed by atoms with Crippen molar-refractivity contribution in [2.75, 3.05) is 17.2 Å². The van der Waals surface area contributed by atoms with Crippen LogP contribution >= 0.6 is 0 Å². The number of amides is 2. The summed E-state index contributed by atoms with van der Waals surface area (Å²) in [5, 5.41) is 8.94. The number of rotatable bonds is 7. The first-order valence-corrected chi connectivity index (χ1v) is 9.86. The Hall–Kier alpha value is -3.08. The van der Waals surface area contributed by atoms with Crippen molar-refractivity contribution < 1.29 is 9.59 Å². The molecule has 2 aromatic rings. The van der Waals surface area contributed by atoms with E-state index in [0.717, 1.165) is 11.3 Å². The van der Waals surface area contributed by atoms with Gasteiger partial charge in [-0.05, 0) is 48.7 Å². The highest BCUT2D eigenvalue weighted by atomic mass is 16.2. The Balaban J connectivity index is 1.40. The van der Waals surface area contributed by atoms with E-state index in [9.17, 15) is 9.59 Å². The van der Waals surface area contributed by atoms with E-state index in [4.69, 9.17) is 0 Å². The maximum absolute atomic E-state index is 12.0. The van der Waals surface area contributed by atoms with Gasteiger partial charge in [-0.3, -0.25) is 9.59 Å². The molecule has 0 unspecified atom stereocenters. The van der Waals surface area contributed by atoms with E-state index in [1.165, 1.54) is 38.2 Å². The molecular weight excluding hydrogens is 350 g/mol. The molecule has 0 saturated heterocycles. The molecule has 1 fully saturated rings. The fraction of sp³-hybridized carbons (Fsp3) is 0.304. The normalized spacial score (nSPS) is 14.6. The average Bonchev–Trinajstić information content (AvgIpc) is 2.74. The largest absolute Gasteiger partial charge is 0.382 e. The molecule has 0 heterocycles. The van der Waals surface area contributed by atoms with Gasteiger partial charge in [0.25, 0.3) is 0 Å². The first-order valence-electron chi connectivity index (χ1n) is 9.86. The second-order valence-corrected chi connectivity index (χ2v) is 7.07. The van der Waals surface area contributed by atoms with Crippen molar-refractivity contribution in [3.8, 4) is 0 Å². The van der Waals surface area contributed by atoms with Crippen LogP contribution in [0.4, 0.5) is 11.4 Å². The molecule has 3 N–H and O–H groups in total. The maximum atomic E-state index is 12.0. The van der Waals surface area contributed by atoms with Crippen molar-refractivity contribution in [2.45, 2.75) is 38.1 Å². The summed E-state index contributed by atoms with van der Waals surface area (Å²) in [6.45, 7) is -0.0694. The van der Waals surface area contributed by atoms with Crippen LogP contribution in [0.5, 0.6) is 0 Å². The first-order chi connectivity index (χ1) is 13.7. The van der Waals surface area contributed by atoms with Gasteiger partial charge in [-0.25, -0.2) is 0 Å². The summed E-state index contributed by atoms with van der Waals surface area (Å²) in [6.07, 6.45) is 9.49. The molecule has 1 aliphatic rings. The fourth-order valence-corrected chi connectivity index (χ4v) is 3.30. The summed E-state index contributed by atoms with van der Waals surface area (Å²) < 4.78 is 0. The summed E-state index contributed by atoms with van der Waals surface area (Å²) >= 11 is 0. The van der Waals surface area contributed by atoms with Crippen LogP contribution < -0.4 is 16.0 Å². The highest BCUT2D eigenvalue weighted by molar-refractivity contribution is 5.98. The van der Waals surface area contributed by atoms with Crippen LogP contribution in [0.3, 0.4) is 0 Å². The smallest absolute Gasteiger partial charge is 0.244 e. The summed E-state index contributed by atoms with van der Waals surface area (Å²) in [4.78, 5) is 23.8. The SMILES string of the molecule is O=C(/C=C/c1ccccc1)NCC(=O)Nc1ccc(NC2CCCCC2)cc1. The van der Waals surface area contributed by atoms with Crippen LogP contribution in [0.25, 0.3) is 6.08 Å². The second-order valence-electron chi connectivity index (χ2n) is 7.07. The van der Waals surface area contributed by atoms with E-state index < -0.39 is 0 Å². The predicted molar refractivity (Wildman–Crippen MR) is 114 cm³/mol. The minimum atomic E-state index is -0.300. The van der Waals surface area contributed by atoms with E-state index in [1.807, 2.05) is 54.6 Å². The molecule has 28 heavy (non-hydrogen) atoms. The van der Waals surface area contributed by atoms with Gasteiger partial charge in [0, 0.05) is 23.5 Å². The van der Waals surface area contributed by atoms with Gasteiger partial charge in [-0.2, -0.15) is 0 Å². The Morgan fingerprint density at radius 2 is 1.57 bits per heavy atom. The van der Waals surface area contributed by atoms with Crippen LogP contribution in [0, 0.1) is 0 Å². The number of carbonyl (C=O) groups is 2. The molecule has 1 saturated carbocycles. The predicted octanol–water partition coefficient (Wildman–Crippen LogP) is 4.20. The monoisotopic (exact) mass is 377 g/mol. The molecule has 0 radical (unpaired) electrons. The highest BCUT2D eigenvalue weighted by Gasteiger charge is 2.12. The minimum absolute atomic E-state index is 0.0694. The first kappa shape index (κ1) is 19.7. The molecule has 0 spiro atoms. The van der Waals surface area contributed by atoms with E-state index >= 15 is 0 Å². The Morgan fingerprint density at radius 1 is 0.893 bits per heavy atom. The Morgan fingerprint density at radius 3 is 2.29 bits per heavy atom. The molecule has 2 aromatic carbocycles. The lowest BCUT2D eigenvalue weighted by molar-refractivity contribution is -0.121. The third kappa shape index (κ3) is 6.58. The van der Waals surface area contributed by atoms with Gasteiger partial charge in [-0.1, -0.05) is 49.6 Å². The zero-order valence-corrected chi connectivity index (χ0v) is 16.0. The molecule has 5 nitrogen and oxygen atoms in total. The molecule has 3 rings (SSSR count). The van der Waals surface area contributed by atoms with Gasteiger partial charge in [0.05, 0.1) is 6.54 Å². The molecule has 0 aromatic heterocycles. The molecule has 0 bridgehead atoms. The average molecular weight is 377 g/mol. The van der Waals surface area contributed by atoms with Crippen LogP contribution in [0.2, 0.25) is 0 Å². The zero-order chi connectivity index (χ0) is 19.6. The second kappa shape index (κ2) is 10.3. The summed E-state index contributed by atoms with van der Waals surface area (Å²) in [6, 6.07) is 17.8. The van der Waals surface area contributed by atoms with Crippen LogP contribution in [0.15, 0.2) is 60.7 Å². The third-order valence-corrected chi connectivity index (χ3v) is 4.79. The Bertz CT molecular complexity index is 794. The van der Waals surface area contributed by atoms with E-state index in [0.29, 0.717) is 11.7 Å². The van der Waals surface area contributed by atoms with Crippen molar-refractivity contribution in [3.63, 3.8) is 0 Å². The van der Waals surface area contributed by atoms with Gasteiger partial charge in [-0.15, -0.1) is 0 Å². The van der Waals surface area contributed by atoms with Gasteiger partial charge in [0.2, 0.25) is 11.8 Å². The summed E-state index contributed by atoms with van der Waals surface area (Å²) in [7, 11) is 0. The fourth-order valence-electron chi connectivity index (χ4n) is 3.30. The van der Waals surface area contributed by atoms with Crippen LogP contribution in [-0.2, 0) is 9.59 Å². The van der Waals surface area contributed by atoms with Gasteiger partial charge in [0.15, 0.2) is 0 Å². The van der Waals surface area contributed by atoms with Crippen molar-refractivity contribution >= 4 is 29.3 Å². The molecule has 146 valence electrons. The van der Waals surface area contributed by atoms with E-state index in [1.54, 1.807) is 6.08 Å². The third-order valence-electron chi connectivity index (χ3n) is 4.79. The van der Waals surface area contributed by atoms with E-state index in [-0.39, 0.29) is 18.4 Å². The molecule has 0 aliphatic heterocycles. The molecular formula is C23H27N3O2.